The molecule has 0 atom stereocenters. The third-order valence-corrected chi connectivity index (χ3v) is 6.43. The van der Waals surface area contributed by atoms with Crippen LogP contribution in [0.2, 0.25) is 10.0 Å². The molecule has 1 amide bonds. The predicted molar refractivity (Wildman–Crippen MR) is 131 cm³/mol. The van der Waals surface area contributed by atoms with E-state index < -0.39 is 0 Å². The number of carbonyl (C=O) groups excluding carboxylic acids is 1. The van der Waals surface area contributed by atoms with Crippen LogP contribution < -0.4 is 10.1 Å². The zero-order valence-corrected chi connectivity index (χ0v) is 20.7. The molecule has 170 valence electrons. The number of ether oxygens (including phenoxy) is 1. The maximum atomic E-state index is 12.4. The monoisotopic (exact) mass is 492 g/mol. The maximum absolute atomic E-state index is 12.4. The Morgan fingerprint density at radius 2 is 1.94 bits per heavy atom. The van der Waals surface area contributed by atoms with E-state index in [2.05, 4.69) is 15.5 Å². The number of aryl methyl sites for hydroxylation is 3. The molecule has 3 rings (SSSR count). The highest BCUT2D eigenvalue weighted by atomic mass is 35.5. The highest BCUT2D eigenvalue weighted by Crippen LogP contribution is 2.27. The SMILES string of the molecule is CCn1c(CCCOc2ccc(Cl)cc2Cl)nnc1SCC(=O)Nc1ccc(C)c(C)c1. The van der Waals surface area contributed by atoms with Crippen LogP contribution in [0, 0.1) is 13.8 Å². The summed E-state index contributed by atoms with van der Waals surface area (Å²) in [7, 11) is 0. The molecule has 0 aliphatic rings. The first-order chi connectivity index (χ1) is 15.4. The molecule has 0 bridgehead atoms. The van der Waals surface area contributed by atoms with Gasteiger partial charge in [0.1, 0.15) is 11.6 Å². The molecule has 3 aromatic rings. The molecule has 1 heterocycles. The molecule has 0 spiro atoms. The lowest BCUT2D eigenvalue weighted by molar-refractivity contribution is -0.113. The van der Waals surface area contributed by atoms with Crippen molar-refractivity contribution in [2.24, 2.45) is 0 Å². The van der Waals surface area contributed by atoms with Crippen molar-refractivity contribution in [2.75, 3.05) is 17.7 Å². The number of rotatable bonds is 10. The van der Waals surface area contributed by atoms with Crippen molar-refractivity contribution in [3.8, 4) is 5.75 Å². The van der Waals surface area contributed by atoms with Gasteiger partial charge in [0.25, 0.3) is 0 Å². The van der Waals surface area contributed by atoms with Crippen molar-refractivity contribution in [1.29, 1.82) is 0 Å². The Morgan fingerprint density at radius 1 is 1.12 bits per heavy atom. The molecule has 2 aromatic carbocycles. The van der Waals surface area contributed by atoms with Crippen LogP contribution in [0.3, 0.4) is 0 Å². The van der Waals surface area contributed by atoms with E-state index >= 15 is 0 Å². The number of hydrogen-bond acceptors (Lipinski definition) is 5. The van der Waals surface area contributed by atoms with E-state index in [4.69, 9.17) is 27.9 Å². The molecule has 6 nitrogen and oxygen atoms in total. The predicted octanol–water partition coefficient (Wildman–Crippen LogP) is 5.96. The molecule has 9 heteroatoms. The number of nitrogens with zero attached hydrogens (tertiary/aromatic N) is 3. The van der Waals surface area contributed by atoms with Crippen LogP contribution in [-0.2, 0) is 17.8 Å². The fourth-order valence-electron chi connectivity index (χ4n) is 3.08. The molecule has 0 aliphatic carbocycles. The molecule has 1 aromatic heterocycles. The second-order valence-electron chi connectivity index (χ2n) is 7.31. The van der Waals surface area contributed by atoms with Gasteiger partial charge in [0.15, 0.2) is 5.16 Å². The zero-order chi connectivity index (χ0) is 23.1. The summed E-state index contributed by atoms with van der Waals surface area (Å²) in [6.07, 6.45) is 1.47. The lowest BCUT2D eigenvalue weighted by Gasteiger charge is -2.10. The van der Waals surface area contributed by atoms with Crippen LogP contribution in [0.1, 0.15) is 30.3 Å². The number of aromatic nitrogens is 3. The third-order valence-electron chi connectivity index (χ3n) is 4.93. The number of amides is 1. The minimum Gasteiger partial charge on any atom is -0.492 e. The Morgan fingerprint density at radius 3 is 2.66 bits per heavy atom. The number of benzene rings is 2. The van der Waals surface area contributed by atoms with Gasteiger partial charge in [0, 0.05) is 23.7 Å². The van der Waals surface area contributed by atoms with Gasteiger partial charge in [-0.1, -0.05) is 41.0 Å². The molecule has 0 saturated carbocycles. The van der Waals surface area contributed by atoms with Gasteiger partial charge >= 0.3 is 0 Å². The van der Waals surface area contributed by atoms with E-state index in [9.17, 15) is 4.79 Å². The van der Waals surface area contributed by atoms with Gasteiger partial charge in [-0.3, -0.25) is 4.79 Å². The van der Waals surface area contributed by atoms with Crippen molar-refractivity contribution in [3.63, 3.8) is 0 Å². The van der Waals surface area contributed by atoms with Crippen molar-refractivity contribution < 1.29 is 9.53 Å². The van der Waals surface area contributed by atoms with Gasteiger partial charge in [-0.2, -0.15) is 0 Å². The minimum atomic E-state index is -0.0706. The summed E-state index contributed by atoms with van der Waals surface area (Å²) >= 11 is 13.4. The molecular weight excluding hydrogens is 467 g/mol. The van der Waals surface area contributed by atoms with Gasteiger partial charge in [0.05, 0.1) is 17.4 Å². The number of hydrogen-bond donors (Lipinski definition) is 1. The Balaban J connectivity index is 1.49. The Bertz CT molecular complexity index is 1090. The van der Waals surface area contributed by atoms with Crippen LogP contribution >= 0.6 is 35.0 Å². The lowest BCUT2D eigenvalue weighted by atomic mass is 10.1. The van der Waals surface area contributed by atoms with E-state index in [0.717, 1.165) is 35.2 Å². The zero-order valence-electron chi connectivity index (χ0n) is 18.3. The maximum Gasteiger partial charge on any atom is 0.234 e. The summed E-state index contributed by atoms with van der Waals surface area (Å²) in [5.74, 6) is 1.68. The molecule has 0 aliphatic heterocycles. The van der Waals surface area contributed by atoms with Crippen molar-refractivity contribution >= 4 is 46.6 Å². The van der Waals surface area contributed by atoms with E-state index in [1.807, 2.05) is 43.5 Å². The minimum absolute atomic E-state index is 0.0706. The third kappa shape index (κ3) is 6.64. The van der Waals surface area contributed by atoms with E-state index in [1.54, 1.807) is 18.2 Å². The first-order valence-corrected chi connectivity index (χ1v) is 12.1. The van der Waals surface area contributed by atoms with Crippen LogP contribution in [0.25, 0.3) is 0 Å². The van der Waals surface area contributed by atoms with Gasteiger partial charge in [0.2, 0.25) is 5.91 Å². The molecule has 32 heavy (non-hydrogen) atoms. The molecule has 0 unspecified atom stereocenters. The summed E-state index contributed by atoms with van der Waals surface area (Å²) < 4.78 is 7.77. The van der Waals surface area contributed by atoms with Crippen LogP contribution in [0.15, 0.2) is 41.6 Å². The largest absolute Gasteiger partial charge is 0.492 e. The highest BCUT2D eigenvalue weighted by Gasteiger charge is 2.13. The average Bonchev–Trinajstić information content (AvgIpc) is 3.15. The highest BCUT2D eigenvalue weighted by molar-refractivity contribution is 7.99. The Labute approximate surface area is 202 Å². The molecule has 0 saturated heterocycles. The summed E-state index contributed by atoms with van der Waals surface area (Å²) in [5.41, 5.74) is 3.15. The van der Waals surface area contributed by atoms with Crippen molar-refractivity contribution in [3.05, 3.63) is 63.4 Å². The number of halogens is 2. The molecule has 0 fully saturated rings. The fourth-order valence-corrected chi connectivity index (χ4v) is 4.36. The van der Waals surface area contributed by atoms with Gasteiger partial charge in [-0.15, -0.1) is 10.2 Å². The fraction of sp³-hybridized carbons (Fsp3) is 0.348. The average molecular weight is 493 g/mol. The number of nitrogens with one attached hydrogen (secondary N) is 1. The van der Waals surface area contributed by atoms with Crippen molar-refractivity contribution in [2.45, 2.75) is 45.3 Å². The topological polar surface area (TPSA) is 69.0 Å². The second-order valence-corrected chi connectivity index (χ2v) is 9.09. The lowest BCUT2D eigenvalue weighted by Crippen LogP contribution is -2.15. The number of anilines is 1. The van der Waals surface area contributed by atoms with Gasteiger partial charge < -0.3 is 14.6 Å². The summed E-state index contributed by atoms with van der Waals surface area (Å²) in [6.45, 7) is 7.34. The number of thioether (sulfide) groups is 1. The van der Waals surface area contributed by atoms with Gasteiger partial charge in [-0.25, -0.2) is 0 Å². The molecule has 0 radical (unpaired) electrons. The standard InChI is InChI=1S/C23H26Cl2N4O2S/c1-4-29-21(6-5-11-31-20-10-8-17(24)13-19(20)25)27-28-23(29)32-14-22(30)26-18-9-7-15(2)16(3)12-18/h7-10,12-13H,4-6,11,14H2,1-3H3,(H,26,30). The van der Waals surface area contributed by atoms with Crippen LogP contribution in [0.4, 0.5) is 5.69 Å². The first-order valence-electron chi connectivity index (χ1n) is 10.4. The first kappa shape index (κ1) is 24.4. The summed E-state index contributed by atoms with van der Waals surface area (Å²) in [4.78, 5) is 12.4. The van der Waals surface area contributed by atoms with E-state index in [0.29, 0.717) is 28.8 Å². The molecular formula is C23H26Cl2N4O2S. The van der Waals surface area contributed by atoms with E-state index in [-0.39, 0.29) is 11.7 Å². The summed E-state index contributed by atoms with van der Waals surface area (Å²) in [5, 5.41) is 13.3. The molecule has 1 N–H and O–H groups in total. The Hall–Kier alpha value is -2.22. The van der Waals surface area contributed by atoms with Crippen LogP contribution in [-0.4, -0.2) is 33.0 Å². The van der Waals surface area contributed by atoms with E-state index in [1.165, 1.54) is 17.3 Å². The van der Waals surface area contributed by atoms with Gasteiger partial charge in [-0.05, 0) is 68.7 Å². The normalized spacial score (nSPS) is 10.9. The Kier molecular flexibility index (Phi) is 8.84. The smallest absolute Gasteiger partial charge is 0.234 e. The second kappa shape index (κ2) is 11.6. The number of carbonyl (C=O) groups is 1. The summed E-state index contributed by atoms with van der Waals surface area (Å²) in [6, 6.07) is 11.1. The van der Waals surface area contributed by atoms with Crippen molar-refractivity contribution in [1.82, 2.24) is 14.8 Å². The quantitative estimate of drug-likeness (QED) is 0.279. The van der Waals surface area contributed by atoms with Crippen LogP contribution in [0.5, 0.6) is 5.75 Å².